The number of carbonyl (C=O) groups excluding carboxylic acids is 1. The second-order valence-corrected chi connectivity index (χ2v) is 10.2. The predicted molar refractivity (Wildman–Crippen MR) is 139 cm³/mol. The van der Waals surface area contributed by atoms with Gasteiger partial charge in [0.1, 0.15) is 5.02 Å². The maximum Gasteiger partial charge on any atom is 0.229 e. The molecule has 7 nitrogen and oxygen atoms in total. The molecule has 0 bridgehead atoms. The standard InChI is InChI=1S/C27H29ClN6O/c1-29-26(35)22-15-34(24-6-4-3-5-20(22)24)25-23(28)13-30-27(32-25)31-18-11-17-14-33(2)10-9-19(17)21(12-18)16-7-8-16/h3-6,11-13,16,22H,7-10,14-15H2,1-2H3,(H,29,35)(H,30,31,32). The minimum Gasteiger partial charge on any atom is -0.359 e. The zero-order valence-electron chi connectivity index (χ0n) is 20.0. The van der Waals surface area contributed by atoms with E-state index in [0.717, 1.165) is 36.4 Å². The van der Waals surface area contributed by atoms with Gasteiger partial charge in [0.05, 0.1) is 12.1 Å². The second kappa shape index (κ2) is 8.81. The van der Waals surface area contributed by atoms with E-state index in [1.54, 1.807) is 13.2 Å². The Hall–Kier alpha value is -3.16. The molecule has 8 heteroatoms. The lowest BCUT2D eigenvalue weighted by molar-refractivity contribution is -0.121. The van der Waals surface area contributed by atoms with Crippen LogP contribution in [0.5, 0.6) is 0 Å². The highest BCUT2D eigenvalue weighted by molar-refractivity contribution is 6.33. The van der Waals surface area contributed by atoms with Crippen molar-refractivity contribution >= 4 is 40.6 Å². The molecule has 1 atom stereocenters. The van der Waals surface area contributed by atoms with Gasteiger partial charge in [0.2, 0.25) is 11.9 Å². The molecule has 3 aliphatic rings. The molecule has 1 fully saturated rings. The normalized spacial score (nSPS) is 19.3. The lowest BCUT2D eigenvalue weighted by Crippen LogP contribution is -2.29. The lowest BCUT2D eigenvalue weighted by atomic mass is 9.91. The Morgan fingerprint density at radius 3 is 2.80 bits per heavy atom. The number of hydrogen-bond donors (Lipinski definition) is 2. The Bertz CT molecular complexity index is 1310. The summed E-state index contributed by atoms with van der Waals surface area (Å²) in [5, 5.41) is 6.68. The smallest absolute Gasteiger partial charge is 0.229 e. The zero-order chi connectivity index (χ0) is 24.1. The van der Waals surface area contributed by atoms with Crippen molar-refractivity contribution < 1.29 is 4.79 Å². The molecule has 35 heavy (non-hydrogen) atoms. The van der Waals surface area contributed by atoms with Gasteiger partial charge < -0.3 is 20.4 Å². The zero-order valence-corrected chi connectivity index (χ0v) is 20.8. The Labute approximate surface area is 210 Å². The first-order valence-electron chi connectivity index (χ1n) is 12.2. The number of nitrogens with zero attached hydrogens (tertiary/aromatic N) is 4. The first-order valence-corrected chi connectivity index (χ1v) is 12.6. The second-order valence-electron chi connectivity index (χ2n) is 9.79. The van der Waals surface area contributed by atoms with Crippen LogP contribution in [0.15, 0.2) is 42.6 Å². The maximum absolute atomic E-state index is 12.6. The SMILES string of the molecule is CNC(=O)C1CN(c2nc(Nc3cc4c(c(C5CC5)c3)CCN(C)C4)ncc2Cl)c2ccccc21. The number of rotatable bonds is 5. The topological polar surface area (TPSA) is 73.4 Å². The van der Waals surface area contributed by atoms with E-state index in [-0.39, 0.29) is 11.8 Å². The molecule has 2 aliphatic heterocycles. The number of hydrogen-bond acceptors (Lipinski definition) is 6. The van der Waals surface area contributed by atoms with E-state index in [4.69, 9.17) is 16.6 Å². The predicted octanol–water partition coefficient (Wildman–Crippen LogP) is 4.72. The minimum absolute atomic E-state index is 0.0184. The number of likely N-dealkylation sites (N-methyl/N-ethyl adjacent to an activating group) is 2. The average molecular weight is 489 g/mol. The van der Waals surface area contributed by atoms with Crippen molar-refractivity contribution in [1.82, 2.24) is 20.2 Å². The Kier molecular flexibility index (Phi) is 5.61. The summed E-state index contributed by atoms with van der Waals surface area (Å²) in [6.07, 6.45) is 5.29. The summed E-state index contributed by atoms with van der Waals surface area (Å²) in [6, 6.07) is 12.4. The van der Waals surface area contributed by atoms with E-state index in [0.29, 0.717) is 29.3 Å². The molecule has 180 valence electrons. The monoisotopic (exact) mass is 488 g/mol. The summed E-state index contributed by atoms with van der Waals surface area (Å²) in [7, 11) is 3.84. The molecule has 0 radical (unpaired) electrons. The van der Waals surface area contributed by atoms with Crippen molar-refractivity contribution in [3.63, 3.8) is 0 Å². The first kappa shape index (κ1) is 22.3. The van der Waals surface area contributed by atoms with Crippen LogP contribution >= 0.6 is 11.6 Å². The van der Waals surface area contributed by atoms with Crippen LogP contribution in [0.2, 0.25) is 5.02 Å². The van der Waals surface area contributed by atoms with Crippen LogP contribution < -0.4 is 15.5 Å². The van der Waals surface area contributed by atoms with Crippen LogP contribution in [0.3, 0.4) is 0 Å². The summed E-state index contributed by atoms with van der Waals surface area (Å²) in [5.41, 5.74) is 7.34. The highest BCUT2D eigenvalue weighted by Gasteiger charge is 2.35. The van der Waals surface area contributed by atoms with Gasteiger partial charge in [0, 0.05) is 38.1 Å². The number of benzene rings is 2. The van der Waals surface area contributed by atoms with Crippen molar-refractivity contribution in [3.05, 3.63) is 69.9 Å². The molecule has 1 aromatic heterocycles. The molecular weight excluding hydrogens is 460 g/mol. The molecule has 0 spiro atoms. The maximum atomic E-state index is 12.6. The third-order valence-corrected chi connectivity index (χ3v) is 7.61. The van der Waals surface area contributed by atoms with Gasteiger partial charge in [0.15, 0.2) is 5.82 Å². The number of halogens is 1. The lowest BCUT2D eigenvalue weighted by Gasteiger charge is -2.28. The van der Waals surface area contributed by atoms with E-state index in [2.05, 4.69) is 39.7 Å². The van der Waals surface area contributed by atoms with Crippen LogP contribution in [0.1, 0.15) is 46.9 Å². The number of fused-ring (bicyclic) bond motifs is 2. The van der Waals surface area contributed by atoms with Gasteiger partial charge in [-0.1, -0.05) is 29.8 Å². The van der Waals surface area contributed by atoms with Crippen LogP contribution in [0.4, 0.5) is 23.1 Å². The van der Waals surface area contributed by atoms with Crippen molar-refractivity contribution in [1.29, 1.82) is 0 Å². The first-order chi connectivity index (χ1) is 17.0. The molecule has 3 heterocycles. The van der Waals surface area contributed by atoms with Gasteiger partial charge in [-0.2, -0.15) is 4.98 Å². The molecule has 3 aromatic rings. The van der Waals surface area contributed by atoms with Crippen LogP contribution in [-0.2, 0) is 17.8 Å². The van der Waals surface area contributed by atoms with E-state index in [1.165, 1.54) is 29.5 Å². The van der Waals surface area contributed by atoms with E-state index < -0.39 is 0 Å². The highest BCUT2D eigenvalue weighted by atomic mass is 35.5. The molecular formula is C27H29ClN6O. The van der Waals surface area contributed by atoms with Crippen molar-refractivity contribution in [3.8, 4) is 0 Å². The summed E-state index contributed by atoms with van der Waals surface area (Å²) in [6.45, 7) is 2.55. The molecule has 2 aromatic carbocycles. The van der Waals surface area contributed by atoms with Crippen LogP contribution in [-0.4, -0.2) is 48.0 Å². The van der Waals surface area contributed by atoms with Gasteiger partial charge in [0.25, 0.3) is 0 Å². The Morgan fingerprint density at radius 1 is 1.17 bits per heavy atom. The fraction of sp³-hybridized carbons (Fsp3) is 0.370. The van der Waals surface area contributed by atoms with E-state index in [9.17, 15) is 4.79 Å². The summed E-state index contributed by atoms with van der Waals surface area (Å²) in [5.74, 6) is 1.48. The number of carbonyl (C=O) groups is 1. The molecule has 2 N–H and O–H groups in total. The molecule has 1 aliphatic carbocycles. The number of para-hydroxylation sites is 1. The highest BCUT2D eigenvalue weighted by Crippen LogP contribution is 2.45. The third kappa shape index (κ3) is 4.13. The van der Waals surface area contributed by atoms with E-state index in [1.807, 2.05) is 29.2 Å². The largest absolute Gasteiger partial charge is 0.359 e. The third-order valence-electron chi connectivity index (χ3n) is 7.35. The number of aromatic nitrogens is 2. The fourth-order valence-electron chi connectivity index (χ4n) is 5.45. The average Bonchev–Trinajstić information content (AvgIpc) is 3.64. The van der Waals surface area contributed by atoms with Gasteiger partial charge in [-0.15, -0.1) is 0 Å². The van der Waals surface area contributed by atoms with Gasteiger partial charge in [-0.3, -0.25) is 4.79 Å². The quantitative estimate of drug-likeness (QED) is 0.541. The van der Waals surface area contributed by atoms with Gasteiger partial charge >= 0.3 is 0 Å². The summed E-state index contributed by atoms with van der Waals surface area (Å²) >= 11 is 6.59. The number of anilines is 4. The fourth-order valence-corrected chi connectivity index (χ4v) is 5.64. The Morgan fingerprint density at radius 2 is 2.00 bits per heavy atom. The van der Waals surface area contributed by atoms with E-state index >= 15 is 0 Å². The van der Waals surface area contributed by atoms with Gasteiger partial charge in [-0.05, 0) is 72.7 Å². The molecule has 0 saturated heterocycles. The van der Waals surface area contributed by atoms with Crippen LogP contribution in [0, 0.1) is 0 Å². The minimum atomic E-state index is -0.280. The molecule has 1 saturated carbocycles. The summed E-state index contributed by atoms with van der Waals surface area (Å²) in [4.78, 5) is 26.2. The number of nitrogens with one attached hydrogen (secondary N) is 2. The van der Waals surface area contributed by atoms with Crippen molar-refractivity contribution in [2.75, 3.05) is 37.4 Å². The van der Waals surface area contributed by atoms with Gasteiger partial charge in [-0.25, -0.2) is 4.98 Å². The molecule has 1 amide bonds. The summed E-state index contributed by atoms with van der Waals surface area (Å²) < 4.78 is 0. The van der Waals surface area contributed by atoms with Crippen molar-refractivity contribution in [2.45, 2.75) is 37.6 Å². The molecule has 6 rings (SSSR count). The molecule has 1 unspecified atom stereocenters. The number of amides is 1. The van der Waals surface area contributed by atoms with Crippen molar-refractivity contribution in [2.24, 2.45) is 0 Å². The Balaban J connectivity index is 1.34. The van der Waals surface area contributed by atoms with Crippen LogP contribution in [0.25, 0.3) is 0 Å².